The van der Waals surface area contributed by atoms with E-state index in [0.717, 1.165) is 5.02 Å². The second-order valence-corrected chi connectivity index (χ2v) is 3.51. The van der Waals surface area contributed by atoms with Gasteiger partial charge in [-0.2, -0.15) is 0 Å². The highest BCUT2D eigenvalue weighted by Crippen LogP contribution is 2.26. The van der Waals surface area contributed by atoms with Gasteiger partial charge in [-0.1, -0.05) is 30.7 Å². The Morgan fingerprint density at radius 2 is 2.17 bits per heavy atom. The molecule has 0 amide bonds. The Morgan fingerprint density at radius 3 is 2.67 bits per heavy atom. The Hall–Kier alpha value is -0.530. The van der Waals surface area contributed by atoms with E-state index in [1.165, 1.54) is 11.1 Å². The van der Waals surface area contributed by atoms with Crippen molar-refractivity contribution in [2.45, 2.75) is 19.8 Å². The molecule has 0 aliphatic carbocycles. The van der Waals surface area contributed by atoms with E-state index in [2.05, 4.69) is 19.9 Å². The monoisotopic (exact) mass is 183 g/mol. The number of benzene rings is 1. The molecule has 0 saturated heterocycles. The molecular weight excluding hydrogens is 170 g/mol. The van der Waals surface area contributed by atoms with Gasteiger partial charge in [0.05, 0.1) is 0 Å². The molecular formula is C10H14ClN. The highest BCUT2D eigenvalue weighted by atomic mass is 35.5. The van der Waals surface area contributed by atoms with Gasteiger partial charge in [0.2, 0.25) is 0 Å². The molecule has 0 aliphatic heterocycles. The molecule has 0 radical (unpaired) electrons. The first-order chi connectivity index (χ1) is 5.66. The second kappa shape index (κ2) is 3.92. The van der Waals surface area contributed by atoms with Crippen LogP contribution in [0.4, 0.5) is 0 Å². The maximum Gasteiger partial charge on any atom is 0.0443 e. The molecule has 1 aromatic rings. The van der Waals surface area contributed by atoms with Gasteiger partial charge in [-0.05, 0) is 36.6 Å². The van der Waals surface area contributed by atoms with E-state index in [0.29, 0.717) is 12.5 Å². The van der Waals surface area contributed by atoms with Crippen molar-refractivity contribution in [2.75, 3.05) is 6.54 Å². The fraction of sp³-hybridized carbons (Fsp3) is 0.400. The van der Waals surface area contributed by atoms with E-state index < -0.39 is 0 Å². The molecule has 0 fully saturated rings. The minimum absolute atomic E-state index is 0.346. The molecule has 1 aromatic carbocycles. The molecule has 1 rings (SSSR count). The number of nitrogens with two attached hydrogens (primary N) is 1. The van der Waals surface area contributed by atoms with Crippen LogP contribution in [0.3, 0.4) is 0 Å². The second-order valence-electron chi connectivity index (χ2n) is 3.11. The van der Waals surface area contributed by atoms with Gasteiger partial charge in [0.15, 0.2) is 0 Å². The van der Waals surface area contributed by atoms with Crippen molar-refractivity contribution in [3.05, 3.63) is 34.3 Å². The lowest BCUT2D eigenvalue weighted by Gasteiger charge is -2.13. The topological polar surface area (TPSA) is 26.0 Å². The SMILES string of the molecule is Cc1cccc(Cl)c1C(C)CN. The highest BCUT2D eigenvalue weighted by molar-refractivity contribution is 6.31. The van der Waals surface area contributed by atoms with Crippen LogP contribution in [-0.2, 0) is 0 Å². The molecule has 0 aromatic heterocycles. The number of rotatable bonds is 2. The first-order valence-corrected chi connectivity index (χ1v) is 4.49. The Labute approximate surface area is 78.5 Å². The van der Waals surface area contributed by atoms with Crippen LogP contribution < -0.4 is 5.73 Å². The van der Waals surface area contributed by atoms with Gasteiger partial charge in [-0.3, -0.25) is 0 Å². The van der Waals surface area contributed by atoms with Crippen molar-refractivity contribution in [1.29, 1.82) is 0 Å². The van der Waals surface area contributed by atoms with Crippen molar-refractivity contribution in [3.8, 4) is 0 Å². The van der Waals surface area contributed by atoms with Crippen LogP contribution in [0.5, 0.6) is 0 Å². The number of halogens is 1. The summed E-state index contributed by atoms with van der Waals surface area (Å²) < 4.78 is 0. The van der Waals surface area contributed by atoms with Gasteiger partial charge in [0.1, 0.15) is 0 Å². The fourth-order valence-corrected chi connectivity index (χ4v) is 1.79. The summed E-state index contributed by atoms with van der Waals surface area (Å²) in [6.07, 6.45) is 0. The summed E-state index contributed by atoms with van der Waals surface area (Å²) in [5.74, 6) is 0.346. The van der Waals surface area contributed by atoms with E-state index in [1.807, 2.05) is 12.1 Å². The van der Waals surface area contributed by atoms with Crippen LogP contribution in [0.25, 0.3) is 0 Å². The van der Waals surface area contributed by atoms with Crippen LogP contribution in [0.15, 0.2) is 18.2 Å². The van der Waals surface area contributed by atoms with E-state index >= 15 is 0 Å². The van der Waals surface area contributed by atoms with Gasteiger partial charge in [-0.25, -0.2) is 0 Å². The molecule has 0 aliphatic rings. The molecule has 0 bridgehead atoms. The van der Waals surface area contributed by atoms with Crippen molar-refractivity contribution in [2.24, 2.45) is 5.73 Å². The van der Waals surface area contributed by atoms with E-state index in [9.17, 15) is 0 Å². The van der Waals surface area contributed by atoms with Gasteiger partial charge in [0.25, 0.3) is 0 Å². The minimum atomic E-state index is 0.346. The Bertz CT molecular complexity index is 250. The highest BCUT2D eigenvalue weighted by Gasteiger charge is 2.09. The molecule has 2 heteroatoms. The summed E-state index contributed by atoms with van der Waals surface area (Å²) in [4.78, 5) is 0. The van der Waals surface area contributed by atoms with Crippen LogP contribution in [0.2, 0.25) is 5.02 Å². The van der Waals surface area contributed by atoms with Crippen LogP contribution in [0.1, 0.15) is 24.0 Å². The predicted octanol–water partition coefficient (Wildman–Crippen LogP) is 2.71. The normalized spacial score (nSPS) is 13.0. The summed E-state index contributed by atoms with van der Waals surface area (Å²) in [6.45, 7) is 4.80. The third kappa shape index (κ3) is 1.79. The summed E-state index contributed by atoms with van der Waals surface area (Å²) in [5.41, 5.74) is 7.99. The molecule has 0 spiro atoms. The standard InChI is InChI=1S/C10H14ClN/c1-7-4-3-5-9(11)10(7)8(2)6-12/h3-5,8H,6,12H2,1-2H3. The Kier molecular flexibility index (Phi) is 3.12. The minimum Gasteiger partial charge on any atom is -0.330 e. The molecule has 66 valence electrons. The molecule has 0 heterocycles. The van der Waals surface area contributed by atoms with Gasteiger partial charge in [0, 0.05) is 5.02 Å². The lowest BCUT2D eigenvalue weighted by atomic mass is 9.97. The number of hydrogen-bond acceptors (Lipinski definition) is 1. The zero-order valence-corrected chi connectivity index (χ0v) is 8.23. The number of hydrogen-bond donors (Lipinski definition) is 1. The van der Waals surface area contributed by atoms with Crippen LogP contribution in [-0.4, -0.2) is 6.54 Å². The van der Waals surface area contributed by atoms with E-state index in [-0.39, 0.29) is 0 Å². The zero-order chi connectivity index (χ0) is 9.14. The van der Waals surface area contributed by atoms with Gasteiger partial charge in [-0.15, -0.1) is 0 Å². The Morgan fingerprint density at radius 1 is 1.50 bits per heavy atom. The molecule has 1 unspecified atom stereocenters. The average molecular weight is 184 g/mol. The molecule has 0 saturated carbocycles. The van der Waals surface area contributed by atoms with E-state index in [4.69, 9.17) is 17.3 Å². The third-order valence-electron chi connectivity index (χ3n) is 2.12. The quantitative estimate of drug-likeness (QED) is 0.750. The molecule has 1 nitrogen and oxygen atoms in total. The maximum absolute atomic E-state index is 6.05. The summed E-state index contributed by atoms with van der Waals surface area (Å²) >= 11 is 6.05. The van der Waals surface area contributed by atoms with Crippen molar-refractivity contribution in [1.82, 2.24) is 0 Å². The van der Waals surface area contributed by atoms with E-state index in [1.54, 1.807) is 0 Å². The van der Waals surface area contributed by atoms with Crippen molar-refractivity contribution in [3.63, 3.8) is 0 Å². The Balaban J connectivity index is 3.12. The average Bonchev–Trinajstić information content (AvgIpc) is 2.03. The van der Waals surface area contributed by atoms with Crippen molar-refractivity contribution >= 4 is 11.6 Å². The van der Waals surface area contributed by atoms with Crippen LogP contribution in [0, 0.1) is 6.92 Å². The fourth-order valence-electron chi connectivity index (χ4n) is 1.39. The zero-order valence-electron chi connectivity index (χ0n) is 7.47. The summed E-state index contributed by atoms with van der Waals surface area (Å²) in [7, 11) is 0. The summed E-state index contributed by atoms with van der Waals surface area (Å²) in [6, 6.07) is 5.94. The molecule has 2 N–H and O–H groups in total. The number of aryl methyl sites for hydroxylation is 1. The largest absolute Gasteiger partial charge is 0.330 e. The van der Waals surface area contributed by atoms with Crippen LogP contribution >= 0.6 is 11.6 Å². The van der Waals surface area contributed by atoms with Gasteiger partial charge < -0.3 is 5.73 Å². The first-order valence-electron chi connectivity index (χ1n) is 4.12. The first kappa shape index (κ1) is 9.56. The lowest BCUT2D eigenvalue weighted by Crippen LogP contribution is -2.10. The molecule has 12 heavy (non-hydrogen) atoms. The summed E-state index contributed by atoms with van der Waals surface area (Å²) in [5, 5.41) is 0.827. The predicted molar refractivity (Wildman–Crippen MR) is 53.7 cm³/mol. The third-order valence-corrected chi connectivity index (χ3v) is 2.45. The lowest BCUT2D eigenvalue weighted by molar-refractivity contribution is 0.768. The van der Waals surface area contributed by atoms with Gasteiger partial charge >= 0.3 is 0 Å². The van der Waals surface area contributed by atoms with Crippen molar-refractivity contribution < 1.29 is 0 Å². The molecule has 1 atom stereocenters. The smallest absolute Gasteiger partial charge is 0.0443 e. The maximum atomic E-state index is 6.05.